The first-order chi connectivity index (χ1) is 9.13. The third kappa shape index (κ3) is 2.82. The molecule has 4 nitrogen and oxygen atoms in total. The molecule has 1 aromatic carbocycles. The van der Waals surface area contributed by atoms with E-state index >= 15 is 0 Å². The van der Waals surface area contributed by atoms with Gasteiger partial charge in [-0.2, -0.15) is 0 Å². The van der Waals surface area contributed by atoms with Crippen LogP contribution in [-0.4, -0.2) is 23.0 Å². The number of thiazole rings is 1. The zero-order chi connectivity index (χ0) is 13.4. The zero-order valence-corrected chi connectivity index (χ0v) is 12.0. The smallest absolute Gasteiger partial charge is 0.242 e. The topological polar surface area (TPSA) is 54.0 Å². The van der Waals surface area contributed by atoms with Gasteiger partial charge in [-0.15, -0.1) is 0 Å². The van der Waals surface area contributed by atoms with Crippen LogP contribution in [0.15, 0.2) is 18.2 Å². The summed E-state index contributed by atoms with van der Waals surface area (Å²) in [5, 5.41) is 7.51. The van der Waals surface area contributed by atoms with E-state index in [1.807, 2.05) is 25.1 Å². The van der Waals surface area contributed by atoms with Gasteiger partial charge in [0.1, 0.15) is 6.04 Å². The number of benzene rings is 1. The van der Waals surface area contributed by atoms with Gasteiger partial charge in [-0.05, 0) is 31.9 Å². The Morgan fingerprint density at radius 3 is 3.00 bits per heavy atom. The van der Waals surface area contributed by atoms with Crippen LogP contribution in [0.25, 0.3) is 10.2 Å². The molecule has 2 N–H and O–H groups in total. The molecule has 0 radical (unpaired) electrons. The van der Waals surface area contributed by atoms with E-state index in [2.05, 4.69) is 15.6 Å². The number of rotatable bonds is 4. The van der Waals surface area contributed by atoms with Crippen molar-refractivity contribution in [3.05, 3.63) is 23.2 Å². The molecule has 1 aliphatic carbocycles. The summed E-state index contributed by atoms with van der Waals surface area (Å²) >= 11 is 7.58. The number of hydrogen-bond acceptors (Lipinski definition) is 4. The van der Waals surface area contributed by atoms with E-state index in [0.717, 1.165) is 28.2 Å². The molecule has 0 aliphatic heterocycles. The van der Waals surface area contributed by atoms with Crippen LogP contribution in [0.2, 0.25) is 5.02 Å². The van der Waals surface area contributed by atoms with E-state index in [1.165, 1.54) is 11.3 Å². The molecular formula is C13H14ClN3OS. The Hall–Kier alpha value is -1.33. The molecule has 1 fully saturated rings. The fourth-order valence-electron chi connectivity index (χ4n) is 1.78. The quantitative estimate of drug-likeness (QED) is 0.911. The first-order valence-corrected chi connectivity index (χ1v) is 7.45. The highest BCUT2D eigenvalue weighted by atomic mass is 35.5. The number of halogens is 1. The summed E-state index contributed by atoms with van der Waals surface area (Å²) in [5.74, 6) is 0.0212. The van der Waals surface area contributed by atoms with Crippen molar-refractivity contribution in [2.45, 2.75) is 31.8 Å². The molecule has 1 atom stereocenters. The number of carbonyl (C=O) groups excluding carboxylic acids is 1. The second kappa shape index (κ2) is 4.98. The standard InChI is InChI=1S/C13H14ClN3OS/c1-7(12(18)16-8-5-6-8)15-13-17-10-4-2-3-9(14)11(10)19-13/h2-4,7-8H,5-6H2,1H3,(H,15,17)(H,16,18). The molecule has 1 saturated carbocycles. The van der Waals surface area contributed by atoms with Crippen molar-refractivity contribution >= 4 is 44.2 Å². The van der Waals surface area contributed by atoms with Gasteiger partial charge in [-0.1, -0.05) is 29.0 Å². The van der Waals surface area contributed by atoms with Crippen LogP contribution < -0.4 is 10.6 Å². The van der Waals surface area contributed by atoms with Crippen molar-refractivity contribution in [2.75, 3.05) is 5.32 Å². The molecule has 0 spiro atoms. The summed E-state index contributed by atoms with van der Waals surface area (Å²) in [6, 6.07) is 5.71. The highest BCUT2D eigenvalue weighted by Crippen LogP contribution is 2.32. The van der Waals surface area contributed by atoms with Crippen LogP contribution in [-0.2, 0) is 4.79 Å². The number of carbonyl (C=O) groups is 1. The van der Waals surface area contributed by atoms with Crippen LogP contribution >= 0.6 is 22.9 Å². The molecule has 19 heavy (non-hydrogen) atoms. The van der Waals surface area contributed by atoms with Gasteiger partial charge in [0.2, 0.25) is 5.91 Å². The van der Waals surface area contributed by atoms with Gasteiger partial charge < -0.3 is 10.6 Å². The molecule has 1 aliphatic rings. The monoisotopic (exact) mass is 295 g/mol. The van der Waals surface area contributed by atoms with E-state index in [4.69, 9.17) is 11.6 Å². The molecule has 1 aromatic heterocycles. The van der Waals surface area contributed by atoms with Gasteiger partial charge in [0.15, 0.2) is 5.13 Å². The minimum atomic E-state index is -0.292. The number of nitrogens with one attached hydrogen (secondary N) is 2. The third-order valence-electron chi connectivity index (χ3n) is 3.02. The van der Waals surface area contributed by atoms with E-state index in [1.54, 1.807) is 0 Å². The van der Waals surface area contributed by atoms with E-state index in [9.17, 15) is 4.79 Å². The third-order valence-corrected chi connectivity index (χ3v) is 4.49. The Morgan fingerprint density at radius 2 is 2.32 bits per heavy atom. The lowest BCUT2D eigenvalue weighted by molar-refractivity contribution is -0.121. The molecule has 0 saturated heterocycles. The highest BCUT2D eigenvalue weighted by Gasteiger charge is 2.25. The summed E-state index contributed by atoms with van der Waals surface area (Å²) in [6.07, 6.45) is 2.18. The number of fused-ring (bicyclic) bond motifs is 1. The van der Waals surface area contributed by atoms with Crippen LogP contribution in [0, 0.1) is 0 Å². The predicted molar refractivity (Wildman–Crippen MR) is 78.9 cm³/mol. The molecule has 1 heterocycles. The maximum atomic E-state index is 11.9. The van der Waals surface area contributed by atoms with Crippen molar-refractivity contribution in [2.24, 2.45) is 0 Å². The van der Waals surface area contributed by atoms with Gasteiger partial charge in [-0.25, -0.2) is 4.98 Å². The largest absolute Gasteiger partial charge is 0.352 e. The highest BCUT2D eigenvalue weighted by molar-refractivity contribution is 7.22. The molecule has 3 rings (SSSR count). The number of aromatic nitrogens is 1. The van der Waals surface area contributed by atoms with Crippen molar-refractivity contribution in [1.82, 2.24) is 10.3 Å². The molecule has 1 unspecified atom stereocenters. The lowest BCUT2D eigenvalue weighted by Gasteiger charge is -2.12. The number of anilines is 1. The Balaban J connectivity index is 1.73. The summed E-state index contributed by atoms with van der Waals surface area (Å²) in [7, 11) is 0. The lowest BCUT2D eigenvalue weighted by atomic mass is 10.3. The normalized spacial score (nSPS) is 16.3. The minimum absolute atomic E-state index is 0.0212. The molecule has 100 valence electrons. The number of hydrogen-bond donors (Lipinski definition) is 2. The van der Waals surface area contributed by atoms with Gasteiger partial charge in [0, 0.05) is 6.04 Å². The second-order valence-corrected chi connectivity index (χ2v) is 6.16. The fraction of sp³-hybridized carbons (Fsp3) is 0.385. The van der Waals surface area contributed by atoms with E-state index in [-0.39, 0.29) is 11.9 Å². The molecular weight excluding hydrogens is 282 g/mol. The average molecular weight is 296 g/mol. The van der Waals surface area contributed by atoms with Crippen molar-refractivity contribution in [3.63, 3.8) is 0 Å². The SMILES string of the molecule is CC(Nc1nc2cccc(Cl)c2s1)C(=O)NC1CC1. The maximum absolute atomic E-state index is 11.9. The average Bonchev–Trinajstić information content (AvgIpc) is 3.08. The molecule has 2 aromatic rings. The summed E-state index contributed by atoms with van der Waals surface area (Å²) < 4.78 is 0.946. The van der Waals surface area contributed by atoms with Crippen molar-refractivity contribution in [1.29, 1.82) is 0 Å². The lowest BCUT2D eigenvalue weighted by Crippen LogP contribution is -2.38. The maximum Gasteiger partial charge on any atom is 0.242 e. The number of amides is 1. The Kier molecular flexibility index (Phi) is 3.33. The van der Waals surface area contributed by atoms with Gasteiger partial charge in [0.25, 0.3) is 0 Å². The minimum Gasteiger partial charge on any atom is -0.352 e. The van der Waals surface area contributed by atoms with Gasteiger partial charge in [0.05, 0.1) is 15.2 Å². The number of nitrogens with zero attached hydrogens (tertiary/aromatic N) is 1. The summed E-state index contributed by atoms with van der Waals surface area (Å²) in [4.78, 5) is 16.3. The molecule has 0 bridgehead atoms. The van der Waals surface area contributed by atoms with Crippen LogP contribution in [0.4, 0.5) is 5.13 Å². The zero-order valence-electron chi connectivity index (χ0n) is 10.4. The van der Waals surface area contributed by atoms with Crippen LogP contribution in [0.5, 0.6) is 0 Å². The molecule has 6 heteroatoms. The Bertz CT molecular complexity index is 623. The second-order valence-electron chi connectivity index (χ2n) is 4.76. The van der Waals surface area contributed by atoms with Gasteiger partial charge in [-0.3, -0.25) is 4.79 Å². The first-order valence-electron chi connectivity index (χ1n) is 6.25. The van der Waals surface area contributed by atoms with Crippen molar-refractivity contribution < 1.29 is 4.79 Å². The van der Waals surface area contributed by atoms with Crippen LogP contribution in [0.3, 0.4) is 0 Å². The Morgan fingerprint density at radius 1 is 1.53 bits per heavy atom. The Labute approximate surface area is 120 Å². The van der Waals surface area contributed by atoms with Crippen LogP contribution in [0.1, 0.15) is 19.8 Å². The summed E-state index contributed by atoms with van der Waals surface area (Å²) in [6.45, 7) is 1.84. The fourth-order valence-corrected chi connectivity index (χ4v) is 3.02. The predicted octanol–water partition coefficient (Wildman–Crippen LogP) is 3.03. The van der Waals surface area contributed by atoms with Gasteiger partial charge >= 0.3 is 0 Å². The van der Waals surface area contributed by atoms with E-state index in [0.29, 0.717) is 11.1 Å². The first kappa shape index (κ1) is 12.7. The molecule has 1 amide bonds. The van der Waals surface area contributed by atoms with Crippen molar-refractivity contribution in [3.8, 4) is 0 Å². The van der Waals surface area contributed by atoms with E-state index < -0.39 is 0 Å². The summed E-state index contributed by atoms with van der Waals surface area (Å²) in [5.41, 5.74) is 0.856.